The van der Waals surface area contributed by atoms with Gasteiger partial charge in [-0.1, -0.05) is 0 Å². The number of alkyl halides is 3. The molecule has 2 heterocycles. The summed E-state index contributed by atoms with van der Waals surface area (Å²) in [4.78, 5) is 7.55. The Kier molecular flexibility index (Phi) is 3.75. The summed E-state index contributed by atoms with van der Waals surface area (Å²) in [6.07, 6.45) is -2.19. The Morgan fingerprint density at radius 3 is 2.67 bits per heavy atom. The van der Waals surface area contributed by atoms with Gasteiger partial charge in [-0.2, -0.15) is 13.2 Å². The van der Waals surface area contributed by atoms with E-state index in [1.165, 1.54) is 6.20 Å². The third kappa shape index (κ3) is 3.13. The van der Waals surface area contributed by atoms with E-state index in [4.69, 9.17) is 0 Å². The molecule has 3 nitrogen and oxygen atoms in total. The second-order valence-electron chi connectivity index (χ2n) is 4.54. The molecular weight excluding hydrogens is 243 g/mol. The van der Waals surface area contributed by atoms with Gasteiger partial charge in [-0.05, 0) is 32.1 Å². The summed E-state index contributed by atoms with van der Waals surface area (Å²) in [5, 5.41) is 0. The molecule has 1 aromatic heterocycles. The van der Waals surface area contributed by atoms with Crippen LogP contribution in [-0.4, -0.2) is 43.1 Å². The van der Waals surface area contributed by atoms with Gasteiger partial charge in [-0.25, -0.2) is 0 Å². The van der Waals surface area contributed by atoms with Crippen molar-refractivity contribution in [2.24, 2.45) is 0 Å². The SMILES string of the molecule is CN1CCCN(c2ccnc(C(F)(F)F)c2)CC1. The molecule has 0 amide bonds. The molecule has 1 aliphatic heterocycles. The van der Waals surface area contributed by atoms with Crippen molar-refractivity contribution in [1.82, 2.24) is 9.88 Å². The van der Waals surface area contributed by atoms with Crippen molar-refractivity contribution >= 4 is 5.69 Å². The number of halogens is 3. The largest absolute Gasteiger partial charge is 0.433 e. The van der Waals surface area contributed by atoms with Crippen LogP contribution in [0.2, 0.25) is 0 Å². The molecule has 1 fully saturated rings. The molecule has 18 heavy (non-hydrogen) atoms. The molecular formula is C12H16F3N3. The van der Waals surface area contributed by atoms with Crippen LogP contribution in [0.15, 0.2) is 18.3 Å². The number of aromatic nitrogens is 1. The fourth-order valence-electron chi connectivity index (χ4n) is 2.08. The molecule has 2 rings (SSSR count). The van der Waals surface area contributed by atoms with Gasteiger partial charge < -0.3 is 9.80 Å². The molecule has 0 aliphatic carbocycles. The number of likely N-dealkylation sites (N-methyl/N-ethyl adjacent to an activating group) is 1. The summed E-state index contributed by atoms with van der Waals surface area (Å²) in [7, 11) is 2.02. The highest BCUT2D eigenvalue weighted by Crippen LogP contribution is 2.30. The summed E-state index contributed by atoms with van der Waals surface area (Å²) in [5.41, 5.74) is -0.217. The van der Waals surface area contributed by atoms with Crippen LogP contribution in [0, 0.1) is 0 Å². The average molecular weight is 259 g/mol. The van der Waals surface area contributed by atoms with Crippen LogP contribution in [0.4, 0.5) is 18.9 Å². The van der Waals surface area contributed by atoms with Crippen molar-refractivity contribution < 1.29 is 13.2 Å². The maximum absolute atomic E-state index is 12.6. The zero-order valence-electron chi connectivity index (χ0n) is 10.2. The quantitative estimate of drug-likeness (QED) is 0.771. The van der Waals surface area contributed by atoms with E-state index < -0.39 is 11.9 Å². The van der Waals surface area contributed by atoms with Gasteiger partial charge in [0, 0.05) is 31.5 Å². The maximum Gasteiger partial charge on any atom is 0.433 e. The van der Waals surface area contributed by atoms with E-state index in [9.17, 15) is 13.2 Å². The first-order valence-corrected chi connectivity index (χ1v) is 5.93. The van der Waals surface area contributed by atoms with E-state index in [-0.39, 0.29) is 0 Å². The monoisotopic (exact) mass is 259 g/mol. The van der Waals surface area contributed by atoms with E-state index >= 15 is 0 Å². The highest BCUT2D eigenvalue weighted by atomic mass is 19.4. The lowest BCUT2D eigenvalue weighted by molar-refractivity contribution is -0.141. The van der Waals surface area contributed by atoms with Gasteiger partial charge in [0.1, 0.15) is 5.69 Å². The van der Waals surface area contributed by atoms with Crippen molar-refractivity contribution in [3.63, 3.8) is 0 Å². The second-order valence-corrected chi connectivity index (χ2v) is 4.54. The molecule has 0 atom stereocenters. The van der Waals surface area contributed by atoms with E-state index in [0.29, 0.717) is 5.69 Å². The minimum atomic E-state index is -4.38. The molecule has 0 unspecified atom stereocenters. The Bertz CT molecular complexity index is 406. The van der Waals surface area contributed by atoms with Gasteiger partial charge in [-0.3, -0.25) is 4.98 Å². The van der Waals surface area contributed by atoms with Crippen molar-refractivity contribution in [3.05, 3.63) is 24.0 Å². The third-order valence-electron chi connectivity index (χ3n) is 3.12. The standard InChI is InChI=1S/C12H16F3N3/c1-17-5-2-6-18(8-7-17)10-3-4-16-11(9-10)12(13,14)15/h3-4,9H,2,5-8H2,1H3. The van der Waals surface area contributed by atoms with Crippen LogP contribution in [0.1, 0.15) is 12.1 Å². The van der Waals surface area contributed by atoms with Gasteiger partial charge in [0.15, 0.2) is 0 Å². The number of anilines is 1. The Balaban J connectivity index is 2.17. The van der Waals surface area contributed by atoms with E-state index in [0.717, 1.165) is 38.7 Å². The zero-order chi connectivity index (χ0) is 13.2. The predicted molar refractivity (Wildman–Crippen MR) is 63.6 cm³/mol. The van der Waals surface area contributed by atoms with E-state index in [1.54, 1.807) is 6.07 Å². The van der Waals surface area contributed by atoms with Gasteiger partial charge in [-0.15, -0.1) is 0 Å². The minimum Gasteiger partial charge on any atom is -0.370 e. The lowest BCUT2D eigenvalue weighted by atomic mass is 10.2. The Hall–Kier alpha value is -1.30. The van der Waals surface area contributed by atoms with Gasteiger partial charge in [0.25, 0.3) is 0 Å². The van der Waals surface area contributed by atoms with Crippen LogP contribution in [0.5, 0.6) is 0 Å². The molecule has 1 saturated heterocycles. The Morgan fingerprint density at radius 1 is 1.17 bits per heavy atom. The molecule has 6 heteroatoms. The lowest BCUT2D eigenvalue weighted by Gasteiger charge is -2.23. The molecule has 1 aromatic rings. The molecule has 0 radical (unpaired) electrons. The molecule has 100 valence electrons. The van der Waals surface area contributed by atoms with Crippen LogP contribution in [-0.2, 0) is 6.18 Å². The van der Waals surface area contributed by atoms with Crippen molar-refractivity contribution in [1.29, 1.82) is 0 Å². The van der Waals surface area contributed by atoms with Crippen molar-refractivity contribution in [2.45, 2.75) is 12.6 Å². The number of hydrogen-bond donors (Lipinski definition) is 0. The normalized spacial score (nSPS) is 18.8. The average Bonchev–Trinajstić information content (AvgIpc) is 2.53. The summed E-state index contributed by atoms with van der Waals surface area (Å²) in [6.45, 7) is 3.38. The van der Waals surface area contributed by atoms with Crippen molar-refractivity contribution in [3.8, 4) is 0 Å². The fourth-order valence-corrected chi connectivity index (χ4v) is 2.08. The minimum absolute atomic E-state index is 0.604. The van der Waals surface area contributed by atoms with Gasteiger partial charge in [0.05, 0.1) is 0 Å². The van der Waals surface area contributed by atoms with Crippen LogP contribution < -0.4 is 4.90 Å². The highest BCUT2D eigenvalue weighted by molar-refractivity contribution is 5.47. The van der Waals surface area contributed by atoms with E-state index in [1.807, 2.05) is 11.9 Å². The summed E-state index contributed by atoms with van der Waals surface area (Å²) in [5.74, 6) is 0. The van der Waals surface area contributed by atoms with Crippen LogP contribution in [0.3, 0.4) is 0 Å². The molecule has 0 bridgehead atoms. The maximum atomic E-state index is 12.6. The Labute approximate surface area is 104 Å². The Morgan fingerprint density at radius 2 is 1.94 bits per heavy atom. The number of hydrogen-bond acceptors (Lipinski definition) is 3. The topological polar surface area (TPSA) is 19.4 Å². The molecule has 0 saturated carbocycles. The molecule has 0 spiro atoms. The number of rotatable bonds is 1. The third-order valence-corrected chi connectivity index (χ3v) is 3.12. The summed E-state index contributed by atoms with van der Waals surface area (Å²) >= 11 is 0. The first-order valence-electron chi connectivity index (χ1n) is 5.93. The summed E-state index contributed by atoms with van der Waals surface area (Å²) in [6, 6.07) is 2.77. The molecule has 1 aliphatic rings. The van der Waals surface area contributed by atoms with Gasteiger partial charge >= 0.3 is 6.18 Å². The summed E-state index contributed by atoms with van der Waals surface area (Å²) < 4.78 is 37.8. The fraction of sp³-hybridized carbons (Fsp3) is 0.583. The number of pyridine rings is 1. The lowest BCUT2D eigenvalue weighted by Crippen LogP contribution is -2.29. The van der Waals surface area contributed by atoms with E-state index in [2.05, 4.69) is 9.88 Å². The highest BCUT2D eigenvalue weighted by Gasteiger charge is 2.32. The zero-order valence-corrected chi connectivity index (χ0v) is 10.2. The second kappa shape index (κ2) is 5.14. The molecule has 0 aromatic carbocycles. The first-order chi connectivity index (χ1) is 8.47. The smallest absolute Gasteiger partial charge is 0.370 e. The predicted octanol–water partition coefficient (Wildman–Crippen LogP) is 2.24. The first kappa shape index (κ1) is 13.1. The van der Waals surface area contributed by atoms with Crippen LogP contribution in [0.25, 0.3) is 0 Å². The molecule has 0 N–H and O–H groups in total. The van der Waals surface area contributed by atoms with Crippen molar-refractivity contribution in [2.75, 3.05) is 38.1 Å². The van der Waals surface area contributed by atoms with Gasteiger partial charge in [0.2, 0.25) is 0 Å². The number of nitrogens with zero attached hydrogens (tertiary/aromatic N) is 3. The van der Waals surface area contributed by atoms with Crippen LogP contribution >= 0.6 is 0 Å².